The molecule has 0 radical (unpaired) electrons. The molecule has 0 amide bonds. The zero-order chi connectivity index (χ0) is 21.3. The Labute approximate surface area is 160 Å². The summed E-state index contributed by atoms with van der Waals surface area (Å²) in [6, 6.07) is 10.4. The Bertz CT molecular complexity index is 997. The molecule has 0 spiro atoms. The monoisotopic (exact) mass is 440 g/mol. The van der Waals surface area contributed by atoms with E-state index in [-0.39, 0.29) is 10.5 Å². The summed E-state index contributed by atoms with van der Waals surface area (Å²) in [4.78, 5) is 22.8. The van der Waals surface area contributed by atoms with Crippen LogP contribution in [0.4, 0.5) is 22.0 Å². The summed E-state index contributed by atoms with van der Waals surface area (Å²) in [5, 5.41) is 0. The Hall–Kier alpha value is -2.33. The van der Waals surface area contributed by atoms with Gasteiger partial charge in [-0.25, -0.2) is 8.42 Å². The number of ketones is 2. The number of hydrogen-bond donors (Lipinski definition) is 0. The summed E-state index contributed by atoms with van der Waals surface area (Å²) >= 11 is 0. The van der Waals surface area contributed by atoms with Gasteiger partial charge in [-0.05, 0) is 23.3 Å². The van der Waals surface area contributed by atoms with Crippen molar-refractivity contribution in [2.75, 3.05) is 0 Å². The molecule has 0 atom stereocenters. The van der Waals surface area contributed by atoms with Crippen LogP contribution in [0.25, 0.3) is 11.1 Å². The quantitative estimate of drug-likeness (QED) is 0.284. The van der Waals surface area contributed by atoms with E-state index >= 15 is 0 Å². The lowest BCUT2D eigenvalue weighted by atomic mass is 9.99. The Morgan fingerprint density at radius 1 is 0.821 bits per heavy atom. The second-order valence-corrected chi connectivity index (χ2v) is 8.20. The van der Waals surface area contributed by atoms with E-state index in [1.165, 1.54) is 36.4 Å². The van der Waals surface area contributed by atoms with Crippen LogP contribution in [0.1, 0.15) is 16.8 Å². The minimum Gasteiger partial charge on any atom is -0.294 e. The molecule has 0 saturated carbocycles. The molecular formula is C17H10ClF5O4S. The Kier molecular flexibility index (Phi) is 5.95. The molecule has 150 valence electrons. The number of alkyl halides is 5. The Morgan fingerprint density at radius 3 is 1.64 bits per heavy atom. The molecule has 28 heavy (non-hydrogen) atoms. The largest absolute Gasteiger partial charge is 0.461 e. The number of benzene rings is 2. The third kappa shape index (κ3) is 4.74. The fraction of sp³-hybridized carbons (Fsp3) is 0.176. The molecule has 0 N–H and O–H groups in total. The third-order valence-electron chi connectivity index (χ3n) is 3.70. The maximum Gasteiger partial charge on any atom is 0.461 e. The first-order chi connectivity index (χ1) is 12.7. The summed E-state index contributed by atoms with van der Waals surface area (Å²) in [7, 11) is 1.30. The van der Waals surface area contributed by atoms with Crippen molar-refractivity contribution in [3.63, 3.8) is 0 Å². The molecule has 11 heteroatoms. The van der Waals surface area contributed by atoms with Crippen molar-refractivity contribution in [3.8, 4) is 11.1 Å². The highest BCUT2D eigenvalue weighted by Gasteiger charge is 2.62. The van der Waals surface area contributed by atoms with E-state index in [9.17, 15) is 40.0 Å². The first kappa shape index (κ1) is 22.0. The Balaban J connectivity index is 2.16. The molecule has 0 heterocycles. The van der Waals surface area contributed by atoms with Crippen LogP contribution in [0.2, 0.25) is 0 Å². The zero-order valence-electron chi connectivity index (χ0n) is 13.6. The van der Waals surface area contributed by atoms with Crippen LogP contribution >= 0.6 is 10.7 Å². The molecule has 0 fully saturated rings. The highest BCUT2D eigenvalue weighted by Crippen LogP contribution is 2.37. The normalized spacial score (nSPS) is 12.6. The van der Waals surface area contributed by atoms with Crippen LogP contribution in [-0.2, 0) is 13.8 Å². The van der Waals surface area contributed by atoms with Crippen LogP contribution in [0.5, 0.6) is 0 Å². The van der Waals surface area contributed by atoms with Crippen LogP contribution in [0.3, 0.4) is 0 Å². The van der Waals surface area contributed by atoms with Gasteiger partial charge in [0.1, 0.15) is 0 Å². The molecule has 0 saturated heterocycles. The zero-order valence-corrected chi connectivity index (χ0v) is 15.2. The molecule has 0 unspecified atom stereocenters. The van der Waals surface area contributed by atoms with Gasteiger partial charge in [0.15, 0.2) is 5.78 Å². The molecule has 0 bridgehead atoms. The first-order valence-electron chi connectivity index (χ1n) is 7.39. The van der Waals surface area contributed by atoms with E-state index in [2.05, 4.69) is 0 Å². The van der Waals surface area contributed by atoms with Crippen LogP contribution in [0, 0.1) is 0 Å². The summed E-state index contributed by atoms with van der Waals surface area (Å²) in [6.07, 6.45) is -7.68. The summed E-state index contributed by atoms with van der Waals surface area (Å²) in [5.41, 5.74) is 0.805. The first-order valence-corrected chi connectivity index (χ1v) is 9.70. The van der Waals surface area contributed by atoms with Crippen molar-refractivity contribution in [2.24, 2.45) is 0 Å². The molecule has 4 nitrogen and oxygen atoms in total. The number of rotatable bonds is 6. The van der Waals surface area contributed by atoms with Crippen LogP contribution in [-0.4, -0.2) is 32.1 Å². The standard InChI is InChI=1S/C17H10ClF5O4S/c18-28(26,27)13-7-5-11(6-8-13)10-1-3-12(4-2-10)14(24)9-15(25)16(19,20)17(21,22)23/h1-8H,9H2. The number of halogens is 6. The molecule has 0 aliphatic carbocycles. The van der Waals surface area contributed by atoms with Gasteiger partial charge in [-0.2, -0.15) is 22.0 Å². The summed E-state index contributed by atoms with van der Waals surface area (Å²) in [6.45, 7) is 0. The smallest absolute Gasteiger partial charge is 0.294 e. The maximum absolute atomic E-state index is 12.9. The number of carbonyl (C=O) groups is 2. The second-order valence-electron chi connectivity index (χ2n) is 5.63. The van der Waals surface area contributed by atoms with Crippen LogP contribution < -0.4 is 0 Å². The lowest BCUT2D eigenvalue weighted by Gasteiger charge is -2.17. The van der Waals surface area contributed by atoms with Gasteiger partial charge in [0.2, 0.25) is 5.78 Å². The van der Waals surface area contributed by atoms with Gasteiger partial charge in [0.25, 0.3) is 9.05 Å². The highest BCUT2D eigenvalue weighted by molar-refractivity contribution is 8.13. The van der Waals surface area contributed by atoms with Gasteiger partial charge >= 0.3 is 12.1 Å². The Morgan fingerprint density at radius 2 is 1.25 bits per heavy atom. The van der Waals surface area contributed by atoms with Gasteiger partial charge in [0.05, 0.1) is 11.3 Å². The second kappa shape index (κ2) is 7.59. The molecular weight excluding hydrogens is 431 g/mol. The third-order valence-corrected chi connectivity index (χ3v) is 5.07. The van der Waals surface area contributed by atoms with Crippen molar-refractivity contribution in [3.05, 3.63) is 54.1 Å². The molecule has 0 aromatic heterocycles. The van der Waals surface area contributed by atoms with Gasteiger partial charge < -0.3 is 0 Å². The van der Waals surface area contributed by atoms with Gasteiger partial charge in [0, 0.05) is 16.2 Å². The van der Waals surface area contributed by atoms with E-state index in [4.69, 9.17) is 10.7 Å². The van der Waals surface area contributed by atoms with Crippen molar-refractivity contribution < 1.29 is 40.0 Å². The van der Waals surface area contributed by atoms with Crippen LogP contribution in [0.15, 0.2) is 53.4 Å². The van der Waals surface area contributed by atoms with E-state index in [0.29, 0.717) is 11.1 Å². The molecule has 2 rings (SSSR count). The maximum atomic E-state index is 12.9. The van der Waals surface area contributed by atoms with Gasteiger partial charge in [-0.1, -0.05) is 36.4 Å². The number of carbonyl (C=O) groups excluding carboxylic acids is 2. The lowest BCUT2D eigenvalue weighted by Crippen LogP contribution is -2.44. The molecule has 2 aromatic rings. The van der Waals surface area contributed by atoms with E-state index < -0.39 is 39.1 Å². The average molecular weight is 441 g/mol. The molecule has 2 aromatic carbocycles. The predicted molar refractivity (Wildman–Crippen MR) is 89.9 cm³/mol. The molecule has 0 aliphatic rings. The van der Waals surface area contributed by atoms with Gasteiger partial charge in [-0.15, -0.1) is 0 Å². The average Bonchev–Trinajstić information content (AvgIpc) is 2.60. The van der Waals surface area contributed by atoms with E-state index in [1.54, 1.807) is 0 Å². The fourth-order valence-corrected chi connectivity index (χ4v) is 2.95. The number of hydrogen-bond acceptors (Lipinski definition) is 4. The predicted octanol–water partition coefficient (Wildman–Crippen LogP) is 4.62. The van der Waals surface area contributed by atoms with Crippen molar-refractivity contribution in [1.82, 2.24) is 0 Å². The molecule has 0 aliphatic heterocycles. The SMILES string of the molecule is O=C(CC(=O)C(F)(F)C(F)(F)F)c1ccc(-c2ccc(S(=O)(=O)Cl)cc2)cc1. The summed E-state index contributed by atoms with van der Waals surface area (Å²) < 4.78 is 84.7. The minimum absolute atomic E-state index is 0.131. The topological polar surface area (TPSA) is 68.3 Å². The van der Waals surface area contributed by atoms with Crippen molar-refractivity contribution >= 4 is 31.3 Å². The lowest BCUT2D eigenvalue weighted by molar-refractivity contribution is -0.268. The minimum atomic E-state index is -6.07. The van der Waals surface area contributed by atoms with Crippen molar-refractivity contribution in [1.29, 1.82) is 0 Å². The van der Waals surface area contributed by atoms with Gasteiger partial charge in [-0.3, -0.25) is 9.59 Å². The summed E-state index contributed by atoms with van der Waals surface area (Å²) in [5.74, 6) is -9.33. The number of Topliss-reactive ketones (excluding diaryl/α,β-unsaturated/α-hetero) is 2. The van der Waals surface area contributed by atoms with Crippen molar-refractivity contribution in [2.45, 2.75) is 23.4 Å². The highest BCUT2D eigenvalue weighted by atomic mass is 35.7. The fourth-order valence-electron chi connectivity index (χ4n) is 2.18. The van der Waals surface area contributed by atoms with E-state index in [1.807, 2.05) is 0 Å². The van der Waals surface area contributed by atoms with E-state index in [0.717, 1.165) is 12.1 Å².